The predicted octanol–water partition coefficient (Wildman–Crippen LogP) is 1.65. The molecule has 0 atom stereocenters. The van der Waals surface area contributed by atoms with Crippen LogP contribution in [0.4, 0.5) is 5.69 Å². The maximum Gasteiger partial charge on any atom is 0.239 e. The van der Waals surface area contributed by atoms with Crippen LogP contribution in [0.1, 0.15) is 5.56 Å². The summed E-state index contributed by atoms with van der Waals surface area (Å²) in [4.78, 5) is 11.5. The summed E-state index contributed by atoms with van der Waals surface area (Å²) in [5.41, 5.74) is 4.62. The van der Waals surface area contributed by atoms with Gasteiger partial charge in [-0.25, -0.2) is 5.43 Å². The number of benzene rings is 1. The normalized spacial score (nSPS) is 10.6. The SMILES string of the molecule is Cc1ccc(Cl)cc1NC(=O)CNN(C)C. The van der Waals surface area contributed by atoms with Crippen LogP contribution in [0.15, 0.2) is 18.2 Å². The lowest BCUT2D eigenvalue weighted by atomic mass is 10.2. The molecule has 1 rings (SSSR count). The Kier molecular flexibility index (Phi) is 4.73. The number of carbonyl (C=O) groups is 1. The fourth-order valence-corrected chi connectivity index (χ4v) is 1.33. The number of nitrogens with one attached hydrogen (secondary N) is 2. The highest BCUT2D eigenvalue weighted by atomic mass is 35.5. The zero-order valence-electron chi connectivity index (χ0n) is 9.67. The molecule has 0 unspecified atom stereocenters. The summed E-state index contributed by atoms with van der Waals surface area (Å²) < 4.78 is 0. The Labute approximate surface area is 101 Å². The van der Waals surface area contributed by atoms with Crippen LogP contribution >= 0.6 is 11.6 Å². The molecule has 0 heterocycles. The van der Waals surface area contributed by atoms with Gasteiger partial charge in [-0.15, -0.1) is 0 Å². The summed E-state index contributed by atoms with van der Waals surface area (Å²) in [5.74, 6) is -0.0981. The molecule has 0 radical (unpaired) electrons. The summed E-state index contributed by atoms with van der Waals surface area (Å²) in [6.07, 6.45) is 0. The van der Waals surface area contributed by atoms with Gasteiger partial charge in [0.2, 0.25) is 5.91 Å². The van der Waals surface area contributed by atoms with Gasteiger partial charge >= 0.3 is 0 Å². The van der Waals surface area contributed by atoms with Gasteiger partial charge in [0, 0.05) is 24.8 Å². The van der Waals surface area contributed by atoms with Crippen LogP contribution in [0.5, 0.6) is 0 Å². The highest BCUT2D eigenvalue weighted by molar-refractivity contribution is 6.31. The number of anilines is 1. The first-order valence-electron chi connectivity index (χ1n) is 4.96. The van der Waals surface area contributed by atoms with E-state index in [0.717, 1.165) is 11.3 Å². The molecule has 16 heavy (non-hydrogen) atoms. The van der Waals surface area contributed by atoms with Crippen LogP contribution in [0, 0.1) is 6.92 Å². The minimum atomic E-state index is -0.0981. The monoisotopic (exact) mass is 241 g/mol. The van der Waals surface area contributed by atoms with Crippen molar-refractivity contribution in [3.63, 3.8) is 0 Å². The Morgan fingerprint density at radius 1 is 1.44 bits per heavy atom. The van der Waals surface area contributed by atoms with Crippen molar-refractivity contribution < 1.29 is 4.79 Å². The lowest BCUT2D eigenvalue weighted by molar-refractivity contribution is -0.116. The number of hydrazine groups is 1. The van der Waals surface area contributed by atoms with Gasteiger partial charge in [0.05, 0.1) is 6.54 Å². The van der Waals surface area contributed by atoms with Crippen LogP contribution in [-0.4, -0.2) is 31.6 Å². The molecule has 0 spiro atoms. The molecule has 88 valence electrons. The molecule has 0 saturated heterocycles. The molecule has 0 aliphatic heterocycles. The summed E-state index contributed by atoms with van der Waals surface area (Å²) in [6, 6.07) is 5.41. The lowest BCUT2D eigenvalue weighted by Crippen LogP contribution is -2.37. The van der Waals surface area contributed by atoms with E-state index in [-0.39, 0.29) is 12.5 Å². The topological polar surface area (TPSA) is 44.4 Å². The van der Waals surface area contributed by atoms with Crippen LogP contribution in [0.2, 0.25) is 5.02 Å². The van der Waals surface area contributed by atoms with Crippen molar-refractivity contribution in [2.24, 2.45) is 0 Å². The Morgan fingerprint density at radius 3 is 2.75 bits per heavy atom. The molecular weight excluding hydrogens is 226 g/mol. The molecule has 2 N–H and O–H groups in total. The molecule has 1 aromatic rings. The van der Waals surface area contributed by atoms with Crippen molar-refractivity contribution in [1.82, 2.24) is 10.4 Å². The number of hydrogen-bond donors (Lipinski definition) is 2. The second kappa shape index (κ2) is 5.84. The highest BCUT2D eigenvalue weighted by Crippen LogP contribution is 2.19. The quantitative estimate of drug-likeness (QED) is 0.788. The molecule has 0 aliphatic rings. The number of amides is 1. The second-order valence-electron chi connectivity index (χ2n) is 3.74. The largest absolute Gasteiger partial charge is 0.325 e. The van der Waals surface area contributed by atoms with Gasteiger partial charge in [-0.3, -0.25) is 9.80 Å². The smallest absolute Gasteiger partial charge is 0.239 e. The van der Waals surface area contributed by atoms with Gasteiger partial charge in [0.1, 0.15) is 0 Å². The van der Waals surface area contributed by atoms with E-state index < -0.39 is 0 Å². The summed E-state index contributed by atoms with van der Waals surface area (Å²) >= 11 is 5.85. The number of aryl methyl sites for hydroxylation is 1. The van der Waals surface area contributed by atoms with Gasteiger partial charge in [-0.05, 0) is 24.6 Å². The van der Waals surface area contributed by atoms with Crippen LogP contribution < -0.4 is 10.7 Å². The van der Waals surface area contributed by atoms with Gasteiger partial charge in [-0.1, -0.05) is 17.7 Å². The number of carbonyl (C=O) groups excluding carboxylic acids is 1. The zero-order chi connectivity index (χ0) is 12.1. The minimum absolute atomic E-state index is 0.0981. The predicted molar refractivity (Wildman–Crippen MR) is 66.5 cm³/mol. The van der Waals surface area contributed by atoms with E-state index in [0.29, 0.717) is 5.02 Å². The highest BCUT2D eigenvalue weighted by Gasteiger charge is 2.05. The Balaban J connectivity index is 2.59. The minimum Gasteiger partial charge on any atom is -0.325 e. The zero-order valence-corrected chi connectivity index (χ0v) is 10.4. The molecule has 1 amide bonds. The molecule has 0 aliphatic carbocycles. The average Bonchev–Trinajstić information content (AvgIpc) is 2.20. The number of rotatable bonds is 4. The number of hydrogen-bond acceptors (Lipinski definition) is 3. The fourth-order valence-electron chi connectivity index (χ4n) is 1.15. The van der Waals surface area contributed by atoms with Crippen molar-refractivity contribution in [1.29, 1.82) is 0 Å². The Morgan fingerprint density at radius 2 is 2.12 bits per heavy atom. The van der Waals surface area contributed by atoms with Gasteiger partial charge in [0.25, 0.3) is 0 Å². The molecule has 0 saturated carbocycles. The van der Waals surface area contributed by atoms with Crippen molar-refractivity contribution in [3.8, 4) is 0 Å². The Hall–Kier alpha value is -1.10. The third-order valence-electron chi connectivity index (χ3n) is 2.03. The van der Waals surface area contributed by atoms with Gasteiger partial charge < -0.3 is 5.32 Å². The Bertz CT molecular complexity index is 379. The van der Waals surface area contributed by atoms with Crippen LogP contribution in [0.3, 0.4) is 0 Å². The molecular formula is C11H16ClN3O. The summed E-state index contributed by atoms with van der Waals surface area (Å²) in [6.45, 7) is 2.16. The van der Waals surface area contributed by atoms with E-state index in [2.05, 4.69) is 10.7 Å². The van der Waals surface area contributed by atoms with E-state index in [4.69, 9.17) is 11.6 Å². The van der Waals surface area contributed by atoms with Crippen molar-refractivity contribution >= 4 is 23.2 Å². The van der Waals surface area contributed by atoms with Crippen molar-refractivity contribution in [2.75, 3.05) is 26.0 Å². The average molecular weight is 242 g/mol. The molecule has 1 aromatic carbocycles. The molecule has 0 aromatic heterocycles. The van der Waals surface area contributed by atoms with Gasteiger partial charge in [0.15, 0.2) is 0 Å². The number of halogens is 1. The van der Waals surface area contributed by atoms with Crippen LogP contribution in [0.25, 0.3) is 0 Å². The molecule has 5 heteroatoms. The third kappa shape index (κ3) is 4.18. The third-order valence-corrected chi connectivity index (χ3v) is 2.26. The number of nitrogens with zero attached hydrogens (tertiary/aromatic N) is 1. The van der Waals surface area contributed by atoms with Crippen LogP contribution in [-0.2, 0) is 4.79 Å². The standard InChI is InChI=1S/C11H16ClN3O/c1-8-4-5-9(12)6-10(8)14-11(16)7-13-15(2)3/h4-6,13H,7H2,1-3H3,(H,14,16). The molecule has 4 nitrogen and oxygen atoms in total. The lowest BCUT2D eigenvalue weighted by Gasteiger charge is -2.13. The first-order valence-corrected chi connectivity index (χ1v) is 5.33. The summed E-state index contributed by atoms with van der Waals surface area (Å²) in [7, 11) is 3.66. The summed E-state index contributed by atoms with van der Waals surface area (Å²) in [5, 5.41) is 5.13. The first kappa shape index (κ1) is 13.0. The van der Waals surface area contributed by atoms with Crippen molar-refractivity contribution in [2.45, 2.75) is 6.92 Å². The van der Waals surface area contributed by atoms with Gasteiger partial charge in [-0.2, -0.15) is 0 Å². The van der Waals surface area contributed by atoms with E-state index in [1.54, 1.807) is 17.1 Å². The van der Waals surface area contributed by atoms with E-state index >= 15 is 0 Å². The molecule has 0 bridgehead atoms. The maximum atomic E-state index is 11.5. The maximum absolute atomic E-state index is 11.5. The van der Waals surface area contributed by atoms with E-state index in [1.807, 2.05) is 27.1 Å². The second-order valence-corrected chi connectivity index (χ2v) is 4.17. The fraction of sp³-hybridized carbons (Fsp3) is 0.364. The first-order chi connectivity index (χ1) is 7.49. The van der Waals surface area contributed by atoms with Crippen molar-refractivity contribution in [3.05, 3.63) is 28.8 Å². The van der Waals surface area contributed by atoms with E-state index in [1.165, 1.54) is 0 Å². The molecule has 0 fully saturated rings. The van der Waals surface area contributed by atoms with E-state index in [9.17, 15) is 4.79 Å².